The van der Waals surface area contributed by atoms with Crippen LogP contribution in [0.5, 0.6) is 0 Å². The minimum absolute atomic E-state index is 0.0954. The summed E-state index contributed by atoms with van der Waals surface area (Å²) < 4.78 is 1.76. The Bertz CT molecular complexity index is 797. The molecule has 0 spiro atoms. The number of nitrogens with zero attached hydrogens (tertiary/aromatic N) is 5. The Morgan fingerprint density at radius 2 is 1.93 bits per heavy atom. The third-order valence-corrected chi connectivity index (χ3v) is 6.52. The molecule has 1 saturated heterocycles. The second-order valence-electron chi connectivity index (χ2n) is 8.09. The van der Waals surface area contributed by atoms with Crippen LogP contribution in [0.15, 0.2) is 18.6 Å². The lowest BCUT2D eigenvalue weighted by Crippen LogP contribution is -2.44. The van der Waals surface area contributed by atoms with E-state index in [2.05, 4.69) is 28.8 Å². The summed E-state index contributed by atoms with van der Waals surface area (Å²) in [5.41, 5.74) is 2.43. The fourth-order valence-corrected chi connectivity index (χ4v) is 4.81. The monoisotopic (exact) mass is 369 g/mol. The van der Waals surface area contributed by atoms with E-state index in [1.807, 2.05) is 17.3 Å². The lowest BCUT2D eigenvalue weighted by atomic mass is 9.75. The summed E-state index contributed by atoms with van der Waals surface area (Å²) in [6.07, 6.45) is 12.0. The minimum Gasteiger partial charge on any atom is -0.338 e. The van der Waals surface area contributed by atoms with Gasteiger partial charge in [-0.15, -0.1) is 0 Å². The highest BCUT2D eigenvalue weighted by atomic mass is 16.2. The first-order valence-electron chi connectivity index (χ1n) is 10.5. The molecule has 0 N–H and O–H groups in total. The van der Waals surface area contributed by atoms with Crippen LogP contribution in [-0.2, 0) is 6.54 Å². The number of likely N-dealkylation sites (tertiary alicyclic amines) is 1. The van der Waals surface area contributed by atoms with Crippen molar-refractivity contribution < 1.29 is 4.79 Å². The van der Waals surface area contributed by atoms with Gasteiger partial charge in [0.15, 0.2) is 5.65 Å². The highest BCUT2D eigenvalue weighted by molar-refractivity contribution is 5.99. The standard InChI is InChI=1S/C21H31N5O/c1-3-24(4-2)13-16-11-22-20-19(12-23-26(20)14-16)21(27)25-10-9-17-7-5-6-8-18(17)15-25/h11-12,14,17-18H,3-10,13,15H2,1-2H3/t17-,18+/m1/s1. The minimum atomic E-state index is 0.0954. The molecule has 2 atom stereocenters. The van der Waals surface area contributed by atoms with Crippen molar-refractivity contribution in [2.45, 2.75) is 52.5 Å². The number of aromatic nitrogens is 3. The molecule has 1 amide bonds. The molecule has 2 aliphatic rings. The van der Waals surface area contributed by atoms with Gasteiger partial charge in [-0.3, -0.25) is 9.69 Å². The summed E-state index contributed by atoms with van der Waals surface area (Å²) in [5.74, 6) is 1.61. The van der Waals surface area contributed by atoms with E-state index >= 15 is 0 Å². The summed E-state index contributed by atoms with van der Waals surface area (Å²) in [7, 11) is 0. The first-order valence-corrected chi connectivity index (χ1v) is 10.5. The van der Waals surface area contributed by atoms with E-state index in [1.54, 1.807) is 10.7 Å². The molecule has 0 unspecified atom stereocenters. The molecule has 1 saturated carbocycles. The first-order chi connectivity index (χ1) is 13.2. The van der Waals surface area contributed by atoms with Crippen molar-refractivity contribution in [3.63, 3.8) is 0 Å². The molecule has 0 aromatic carbocycles. The van der Waals surface area contributed by atoms with Crippen molar-refractivity contribution in [3.05, 3.63) is 29.7 Å². The van der Waals surface area contributed by atoms with Gasteiger partial charge >= 0.3 is 0 Å². The molecule has 3 heterocycles. The van der Waals surface area contributed by atoms with Crippen LogP contribution in [0, 0.1) is 11.8 Å². The smallest absolute Gasteiger partial charge is 0.259 e. The summed E-state index contributed by atoms with van der Waals surface area (Å²) in [6, 6.07) is 0. The van der Waals surface area contributed by atoms with Crippen LogP contribution in [0.25, 0.3) is 5.65 Å². The topological polar surface area (TPSA) is 53.7 Å². The van der Waals surface area contributed by atoms with Crippen LogP contribution in [0.3, 0.4) is 0 Å². The van der Waals surface area contributed by atoms with E-state index in [0.29, 0.717) is 17.1 Å². The fraction of sp³-hybridized carbons (Fsp3) is 0.667. The van der Waals surface area contributed by atoms with Gasteiger partial charge < -0.3 is 4.90 Å². The van der Waals surface area contributed by atoms with Crippen molar-refractivity contribution in [3.8, 4) is 0 Å². The Labute approximate surface area is 161 Å². The molecule has 6 heteroatoms. The maximum absolute atomic E-state index is 13.1. The van der Waals surface area contributed by atoms with Crippen LogP contribution >= 0.6 is 0 Å². The van der Waals surface area contributed by atoms with Gasteiger partial charge in [0.2, 0.25) is 0 Å². The van der Waals surface area contributed by atoms with Gasteiger partial charge in [0, 0.05) is 37.6 Å². The number of rotatable bonds is 5. The van der Waals surface area contributed by atoms with Gasteiger partial charge in [-0.25, -0.2) is 9.50 Å². The Morgan fingerprint density at radius 3 is 2.70 bits per heavy atom. The lowest BCUT2D eigenvalue weighted by Gasteiger charge is -2.41. The summed E-state index contributed by atoms with van der Waals surface area (Å²) >= 11 is 0. The largest absolute Gasteiger partial charge is 0.338 e. The summed E-state index contributed by atoms with van der Waals surface area (Å²) in [6.45, 7) is 8.97. The Hall–Kier alpha value is -1.95. The van der Waals surface area contributed by atoms with E-state index in [-0.39, 0.29) is 5.91 Å². The molecule has 0 radical (unpaired) electrons. The van der Waals surface area contributed by atoms with Gasteiger partial charge in [0.05, 0.1) is 6.20 Å². The van der Waals surface area contributed by atoms with Gasteiger partial charge in [-0.2, -0.15) is 5.10 Å². The normalized spacial score (nSPS) is 23.0. The van der Waals surface area contributed by atoms with E-state index in [4.69, 9.17) is 0 Å². The zero-order chi connectivity index (χ0) is 18.8. The van der Waals surface area contributed by atoms with E-state index in [9.17, 15) is 4.79 Å². The Balaban J connectivity index is 1.50. The van der Waals surface area contributed by atoms with Crippen molar-refractivity contribution >= 4 is 11.6 Å². The third-order valence-electron chi connectivity index (χ3n) is 6.52. The average Bonchev–Trinajstić information content (AvgIpc) is 3.14. The van der Waals surface area contributed by atoms with Gasteiger partial charge in [-0.05, 0) is 37.8 Å². The van der Waals surface area contributed by atoms with Crippen LogP contribution in [0.2, 0.25) is 0 Å². The maximum Gasteiger partial charge on any atom is 0.259 e. The number of carbonyl (C=O) groups excluding carboxylic acids is 1. The molecule has 0 bridgehead atoms. The lowest BCUT2D eigenvalue weighted by molar-refractivity contribution is 0.0522. The van der Waals surface area contributed by atoms with E-state index < -0.39 is 0 Å². The van der Waals surface area contributed by atoms with Gasteiger partial charge in [0.25, 0.3) is 5.91 Å². The molecular weight excluding hydrogens is 338 g/mol. The molecule has 27 heavy (non-hydrogen) atoms. The first kappa shape index (κ1) is 18.4. The molecular formula is C21H31N5O. The van der Waals surface area contributed by atoms with Crippen LogP contribution < -0.4 is 0 Å². The molecule has 2 fully saturated rings. The van der Waals surface area contributed by atoms with Gasteiger partial charge in [-0.1, -0.05) is 33.1 Å². The van der Waals surface area contributed by atoms with E-state index in [0.717, 1.165) is 50.6 Å². The van der Waals surface area contributed by atoms with Crippen molar-refractivity contribution in [2.75, 3.05) is 26.2 Å². The number of hydrogen-bond acceptors (Lipinski definition) is 4. The molecule has 1 aliphatic heterocycles. The third kappa shape index (κ3) is 3.72. The Morgan fingerprint density at radius 1 is 1.15 bits per heavy atom. The highest BCUT2D eigenvalue weighted by Crippen LogP contribution is 2.36. The Kier molecular flexibility index (Phi) is 5.43. The van der Waals surface area contributed by atoms with Crippen molar-refractivity contribution in [1.82, 2.24) is 24.4 Å². The molecule has 2 aromatic heterocycles. The summed E-state index contributed by atoms with van der Waals surface area (Å²) in [4.78, 5) is 22.1. The molecule has 6 nitrogen and oxygen atoms in total. The molecule has 4 rings (SSSR count). The SMILES string of the molecule is CCN(CC)Cc1cnc2c(C(=O)N3CC[C@H]4CCCC[C@H]4C3)cnn2c1. The average molecular weight is 370 g/mol. The van der Waals surface area contributed by atoms with Crippen molar-refractivity contribution in [2.24, 2.45) is 11.8 Å². The number of hydrogen-bond donors (Lipinski definition) is 0. The number of fused-ring (bicyclic) bond motifs is 2. The van der Waals surface area contributed by atoms with Gasteiger partial charge in [0.1, 0.15) is 5.56 Å². The zero-order valence-electron chi connectivity index (χ0n) is 16.6. The number of piperidine rings is 1. The maximum atomic E-state index is 13.1. The quantitative estimate of drug-likeness (QED) is 0.812. The van der Waals surface area contributed by atoms with E-state index in [1.165, 1.54) is 25.7 Å². The predicted octanol–water partition coefficient (Wildman–Crippen LogP) is 3.22. The molecule has 146 valence electrons. The predicted molar refractivity (Wildman–Crippen MR) is 106 cm³/mol. The van der Waals surface area contributed by atoms with Crippen LogP contribution in [0.4, 0.5) is 0 Å². The van der Waals surface area contributed by atoms with Crippen molar-refractivity contribution in [1.29, 1.82) is 0 Å². The fourth-order valence-electron chi connectivity index (χ4n) is 4.81. The second-order valence-corrected chi connectivity index (χ2v) is 8.09. The zero-order valence-corrected chi connectivity index (χ0v) is 16.6. The summed E-state index contributed by atoms with van der Waals surface area (Å²) in [5, 5.41) is 4.42. The number of amides is 1. The second kappa shape index (κ2) is 7.97. The van der Waals surface area contributed by atoms with Crippen LogP contribution in [0.1, 0.15) is 61.9 Å². The highest BCUT2D eigenvalue weighted by Gasteiger charge is 2.34. The van der Waals surface area contributed by atoms with Crippen LogP contribution in [-0.4, -0.2) is 56.5 Å². The molecule has 2 aromatic rings. The molecule has 1 aliphatic carbocycles. The number of carbonyl (C=O) groups is 1.